The van der Waals surface area contributed by atoms with Gasteiger partial charge in [0, 0.05) is 26.1 Å². The Morgan fingerprint density at radius 3 is 1.61 bits per heavy atom. The van der Waals surface area contributed by atoms with Crippen molar-refractivity contribution in [1.29, 1.82) is 0 Å². The lowest BCUT2D eigenvalue weighted by molar-refractivity contribution is -0.0369. The van der Waals surface area contributed by atoms with Gasteiger partial charge in [-0.3, -0.25) is 4.90 Å². The van der Waals surface area contributed by atoms with E-state index in [9.17, 15) is 15.3 Å². The lowest BCUT2D eigenvalue weighted by Gasteiger charge is -2.27. The van der Waals surface area contributed by atoms with Gasteiger partial charge in [-0.25, -0.2) is 0 Å². The number of morpholine rings is 1. The molecule has 3 aliphatic heterocycles. The van der Waals surface area contributed by atoms with Gasteiger partial charge in [0.1, 0.15) is 24.4 Å². The largest absolute Gasteiger partial charge is 0.394 e. The van der Waals surface area contributed by atoms with Crippen LogP contribution in [0.2, 0.25) is 0 Å². The molecule has 3 rings (SSSR count). The molecule has 0 spiro atoms. The van der Waals surface area contributed by atoms with Crippen molar-refractivity contribution in [2.45, 2.75) is 111 Å². The average Bonchev–Trinajstić information content (AvgIpc) is 3.35. The van der Waals surface area contributed by atoms with Crippen LogP contribution in [0.5, 0.6) is 0 Å². The van der Waals surface area contributed by atoms with E-state index in [1.54, 1.807) is 0 Å². The fourth-order valence-electron chi connectivity index (χ4n) is 4.13. The fourth-order valence-corrected chi connectivity index (χ4v) is 4.13. The fraction of sp³-hybridized carbons (Fsp3) is 1.00. The molecule has 0 saturated carbocycles. The van der Waals surface area contributed by atoms with Crippen molar-refractivity contribution in [3.63, 3.8) is 0 Å². The molecular formula is C27H57NO8. The summed E-state index contributed by atoms with van der Waals surface area (Å²) in [6.07, 6.45) is -1.64. The molecule has 36 heavy (non-hydrogen) atoms. The monoisotopic (exact) mass is 523 g/mol. The van der Waals surface area contributed by atoms with Gasteiger partial charge < -0.3 is 39.7 Å². The Kier molecular flexibility index (Phi) is 19.5. The van der Waals surface area contributed by atoms with Crippen molar-refractivity contribution in [3.05, 3.63) is 0 Å². The Morgan fingerprint density at radius 2 is 1.31 bits per heavy atom. The van der Waals surface area contributed by atoms with Crippen LogP contribution in [0.4, 0.5) is 0 Å². The Morgan fingerprint density at radius 1 is 0.778 bits per heavy atom. The van der Waals surface area contributed by atoms with E-state index < -0.39 is 24.4 Å². The minimum absolute atomic E-state index is 0.0790. The molecule has 218 valence electrons. The van der Waals surface area contributed by atoms with Gasteiger partial charge in [-0.1, -0.05) is 61.8 Å². The van der Waals surface area contributed by atoms with Crippen LogP contribution < -0.4 is 0 Å². The first-order valence-electron chi connectivity index (χ1n) is 13.8. The maximum absolute atomic E-state index is 9.44. The van der Waals surface area contributed by atoms with E-state index in [-0.39, 0.29) is 37.4 Å². The Hall–Kier alpha value is -0.360. The molecule has 0 amide bonds. The van der Waals surface area contributed by atoms with Gasteiger partial charge in [0.05, 0.1) is 44.7 Å². The normalized spacial score (nSPS) is 32.5. The van der Waals surface area contributed by atoms with Gasteiger partial charge in [-0.15, -0.1) is 0 Å². The summed E-state index contributed by atoms with van der Waals surface area (Å²) in [6.45, 7) is 21.7. The number of aliphatic hydroxyl groups is 5. The highest BCUT2D eigenvalue weighted by Gasteiger charge is 2.43. The van der Waals surface area contributed by atoms with Crippen molar-refractivity contribution in [2.75, 3.05) is 46.1 Å². The predicted octanol–water partition coefficient (Wildman–Crippen LogP) is 1.67. The first-order chi connectivity index (χ1) is 16.9. The number of aliphatic hydroxyl groups excluding tert-OH is 5. The summed E-state index contributed by atoms with van der Waals surface area (Å²) in [4.78, 5) is 2.47. The van der Waals surface area contributed by atoms with Gasteiger partial charge in [0.2, 0.25) is 0 Å². The molecule has 5 N–H and O–H groups in total. The van der Waals surface area contributed by atoms with Gasteiger partial charge in [-0.05, 0) is 17.8 Å². The zero-order chi connectivity index (χ0) is 27.8. The lowest BCUT2D eigenvalue weighted by atomic mass is 10.00. The first-order valence-corrected chi connectivity index (χ1v) is 13.8. The Bertz CT molecular complexity index is 516. The lowest BCUT2D eigenvalue weighted by Crippen LogP contribution is -2.38. The minimum Gasteiger partial charge on any atom is -0.394 e. The standard InChI is InChI=1S/C8H17NO.C8H16O4.C8H16O3.C3H8/c1-8(2)7-9-3-5-10-6-4-9;1-4(2)8-7(11)6(10)5(3-9)12-8;1-5(2)7-3-6(10)8(4-9)11-7;1-3-2/h8H,3-7H2,1-2H3;4-11H,3H2,1-2H3;5-10H,3-4H2,1-2H3;3H2,1-2H3. The van der Waals surface area contributed by atoms with E-state index in [4.69, 9.17) is 24.4 Å². The van der Waals surface area contributed by atoms with Crippen molar-refractivity contribution >= 4 is 0 Å². The van der Waals surface area contributed by atoms with Crippen LogP contribution in [-0.4, -0.2) is 119 Å². The highest BCUT2D eigenvalue weighted by Crippen LogP contribution is 2.26. The van der Waals surface area contributed by atoms with Gasteiger partial charge >= 0.3 is 0 Å². The molecule has 0 aromatic rings. The van der Waals surface area contributed by atoms with Gasteiger partial charge in [-0.2, -0.15) is 0 Å². The number of rotatable bonds is 6. The molecule has 3 saturated heterocycles. The zero-order valence-corrected chi connectivity index (χ0v) is 24.0. The van der Waals surface area contributed by atoms with E-state index in [1.165, 1.54) is 13.0 Å². The van der Waals surface area contributed by atoms with Crippen LogP contribution in [0.25, 0.3) is 0 Å². The second kappa shape index (κ2) is 19.7. The van der Waals surface area contributed by atoms with Crippen LogP contribution in [0.1, 0.15) is 68.2 Å². The molecule has 7 unspecified atom stereocenters. The van der Waals surface area contributed by atoms with Crippen LogP contribution in [-0.2, 0) is 14.2 Å². The molecule has 0 aromatic carbocycles. The molecule has 9 nitrogen and oxygen atoms in total. The van der Waals surface area contributed by atoms with E-state index >= 15 is 0 Å². The molecular weight excluding hydrogens is 466 g/mol. The summed E-state index contributed by atoms with van der Waals surface area (Å²) in [7, 11) is 0. The number of nitrogens with zero attached hydrogens (tertiary/aromatic N) is 1. The van der Waals surface area contributed by atoms with Crippen molar-refractivity contribution in [2.24, 2.45) is 17.8 Å². The molecule has 3 aliphatic rings. The topological polar surface area (TPSA) is 132 Å². The van der Waals surface area contributed by atoms with Crippen molar-refractivity contribution in [3.8, 4) is 0 Å². The van der Waals surface area contributed by atoms with Gasteiger partial charge in [0.25, 0.3) is 0 Å². The predicted molar refractivity (Wildman–Crippen MR) is 142 cm³/mol. The summed E-state index contributed by atoms with van der Waals surface area (Å²) in [6, 6.07) is 0. The summed E-state index contributed by atoms with van der Waals surface area (Å²) >= 11 is 0. The highest BCUT2D eigenvalue weighted by atomic mass is 16.6. The quantitative estimate of drug-likeness (QED) is 0.353. The molecule has 3 heterocycles. The summed E-state index contributed by atoms with van der Waals surface area (Å²) in [5.74, 6) is 1.35. The average molecular weight is 524 g/mol. The maximum atomic E-state index is 9.44. The molecule has 7 atom stereocenters. The third kappa shape index (κ3) is 13.4. The second-order valence-corrected chi connectivity index (χ2v) is 11.0. The molecule has 0 radical (unpaired) electrons. The highest BCUT2D eigenvalue weighted by molar-refractivity contribution is 4.91. The summed E-state index contributed by atoms with van der Waals surface area (Å²) < 4.78 is 15.9. The molecule has 0 aromatic heterocycles. The van der Waals surface area contributed by atoms with Crippen LogP contribution in [0, 0.1) is 17.8 Å². The molecule has 0 bridgehead atoms. The van der Waals surface area contributed by atoms with Crippen molar-refractivity contribution in [1.82, 2.24) is 4.90 Å². The SMILES string of the molecule is CC(C)C1CC(O)C(CO)O1.CC(C)C1OC(CO)C(O)C1O.CC(C)CN1CCOCC1.CCC. The number of hydrogen-bond donors (Lipinski definition) is 5. The zero-order valence-electron chi connectivity index (χ0n) is 24.0. The van der Waals surface area contributed by atoms with E-state index in [2.05, 4.69) is 46.4 Å². The minimum atomic E-state index is -0.956. The first kappa shape index (κ1) is 35.6. The molecule has 3 fully saturated rings. The van der Waals surface area contributed by atoms with E-state index in [0.29, 0.717) is 12.3 Å². The van der Waals surface area contributed by atoms with Crippen LogP contribution in [0.15, 0.2) is 0 Å². The number of hydrogen-bond acceptors (Lipinski definition) is 9. The Balaban J connectivity index is 0.000000485. The summed E-state index contributed by atoms with van der Waals surface area (Å²) in [5.41, 5.74) is 0. The molecule has 9 heteroatoms. The smallest absolute Gasteiger partial charge is 0.111 e. The second-order valence-electron chi connectivity index (χ2n) is 11.0. The third-order valence-electron chi connectivity index (χ3n) is 6.14. The number of ether oxygens (including phenoxy) is 3. The summed E-state index contributed by atoms with van der Waals surface area (Å²) in [5, 5.41) is 45.6. The maximum Gasteiger partial charge on any atom is 0.111 e. The van der Waals surface area contributed by atoms with E-state index in [1.807, 2.05) is 13.8 Å². The van der Waals surface area contributed by atoms with Gasteiger partial charge in [0.15, 0.2) is 0 Å². The molecule has 0 aliphatic carbocycles. The van der Waals surface area contributed by atoms with Crippen LogP contribution >= 0.6 is 0 Å². The van der Waals surface area contributed by atoms with Crippen molar-refractivity contribution < 1.29 is 39.7 Å². The Labute approximate surface area is 219 Å². The third-order valence-corrected chi connectivity index (χ3v) is 6.14. The van der Waals surface area contributed by atoms with E-state index in [0.717, 1.165) is 32.2 Å². The van der Waals surface area contributed by atoms with Crippen LogP contribution in [0.3, 0.4) is 0 Å².